The third-order valence-corrected chi connectivity index (χ3v) is 11.4. The average Bonchev–Trinajstić information content (AvgIpc) is 3.46. The Balaban J connectivity index is 1.30. The van der Waals surface area contributed by atoms with Crippen LogP contribution in [0.3, 0.4) is 0 Å². The number of aliphatic hydroxyl groups is 6. The number of nitrogens with two attached hydrogens (primary N) is 5. The summed E-state index contributed by atoms with van der Waals surface area (Å²) < 4.78 is 36.4. The Morgan fingerprint density at radius 2 is 1.51 bits per heavy atom. The minimum absolute atomic E-state index is 0.00250. The van der Waals surface area contributed by atoms with Crippen molar-refractivity contribution in [2.45, 2.75) is 142 Å². The number of hydroxylamine groups is 2. The normalized spacial score (nSPS) is 43.7. The fourth-order valence-corrected chi connectivity index (χ4v) is 8.00. The zero-order valence-corrected chi connectivity index (χ0v) is 31.0. The zero-order chi connectivity index (χ0) is 40.0. The first-order chi connectivity index (χ1) is 26.2. The van der Waals surface area contributed by atoms with E-state index in [0.29, 0.717) is 43.8 Å². The summed E-state index contributed by atoms with van der Waals surface area (Å²) in [6, 6.07) is -2.74. The second-order valence-corrected chi connectivity index (χ2v) is 15.5. The predicted octanol–water partition coefficient (Wildman–Crippen LogP) is -7.24. The molecule has 4 saturated heterocycles. The lowest BCUT2D eigenvalue weighted by atomic mass is 9.77. The van der Waals surface area contributed by atoms with Crippen LogP contribution in [0.5, 0.6) is 0 Å². The van der Waals surface area contributed by atoms with Crippen LogP contribution >= 0.6 is 0 Å². The third-order valence-electron chi connectivity index (χ3n) is 11.4. The number of nitrogens with one attached hydrogen (secondary N) is 2. The lowest BCUT2D eigenvalue weighted by Gasteiger charge is -2.46. The van der Waals surface area contributed by atoms with Crippen LogP contribution in [0.2, 0.25) is 0 Å². The molecule has 0 spiro atoms. The maximum absolute atomic E-state index is 12.8. The molecular formula is C33H64N8O14. The van der Waals surface area contributed by atoms with Crippen LogP contribution in [0.25, 0.3) is 0 Å². The van der Waals surface area contributed by atoms with Crippen LogP contribution in [-0.2, 0) is 33.2 Å². The van der Waals surface area contributed by atoms with E-state index in [9.17, 15) is 40.6 Å². The Morgan fingerprint density at radius 3 is 2.18 bits per heavy atom. The van der Waals surface area contributed by atoms with Gasteiger partial charge in [0.05, 0.1) is 43.0 Å². The van der Waals surface area contributed by atoms with Gasteiger partial charge in [-0.3, -0.25) is 10.0 Å². The maximum atomic E-state index is 12.8. The fraction of sp³-hybridized carbons (Fsp3) is 0.970. The number of carbonyl (C=O) groups is 1. The van der Waals surface area contributed by atoms with E-state index >= 15 is 0 Å². The molecule has 5 fully saturated rings. The lowest BCUT2D eigenvalue weighted by Crippen LogP contribution is -2.64. The summed E-state index contributed by atoms with van der Waals surface area (Å²) in [6.45, 7) is 1.28. The van der Waals surface area contributed by atoms with Gasteiger partial charge in [0.15, 0.2) is 18.9 Å². The summed E-state index contributed by atoms with van der Waals surface area (Å²) >= 11 is 0. The number of nitrogens with zero attached hydrogens (tertiary/aromatic N) is 1. The van der Waals surface area contributed by atoms with Gasteiger partial charge in [0.1, 0.15) is 48.8 Å². The highest BCUT2D eigenvalue weighted by Gasteiger charge is 2.54. The van der Waals surface area contributed by atoms with E-state index in [1.165, 1.54) is 0 Å². The number of hydrogen-bond donors (Lipinski definition) is 14. The SMILES string of the molecule is NCCN(O)C(=O)C[C@@H]1C[C@H](N)[C@@H](O[C@H]2O[C@H](CNCC3(O)CCNCC3)CC[C@H]2N)[C@H](O[C@@H]2O[C@H](CO)[C@@H](O[C@H]3O[C@@H](CN)[C@@H](O)[C@H](O)[C@H]3N)[C@H]2O)[C@H]1O. The van der Waals surface area contributed by atoms with Gasteiger partial charge in [-0.05, 0) is 51.1 Å². The molecule has 0 aromatic heterocycles. The van der Waals surface area contributed by atoms with Crippen molar-refractivity contribution in [3.8, 4) is 0 Å². The van der Waals surface area contributed by atoms with E-state index in [1.807, 2.05) is 0 Å². The van der Waals surface area contributed by atoms with Gasteiger partial charge in [-0.25, -0.2) is 5.06 Å². The quantitative estimate of drug-likeness (QED) is 0.0509. The standard InChI is InChI=1S/C33H64N8O14/c34-5-8-41(49)21(43)10-15-9-18(37)27(53-30-17(36)2-1-16(50-30)12-40-14-33(48)3-6-39-7-4-33)29(23(15)44)55-32-26(47)28(20(13-42)52-32)54-31-22(38)25(46)24(45)19(11-35)51-31/h15-20,22-32,39-40,42,44-49H,1-14,34-38H2/t15-,16-,17+,18-,19-,20+,22+,23-,24+,25+,26+,27+,28+,29+,30+,31+,32-/m0/s1. The Hall–Kier alpha value is -1.33. The number of carbonyl (C=O) groups excluding carboxylic acids is 1. The molecule has 4 heterocycles. The van der Waals surface area contributed by atoms with Crippen LogP contribution < -0.4 is 39.3 Å². The van der Waals surface area contributed by atoms with E-state index in [0.717, 1.165) is 13.1 Å². The molecule has 320 valence electrons. The largest absolute Gasteiger partial charge is 0.394 e. The van der Waals surface area contributed by atoms with E-state index in [-0.39, 0.29) is 38.6 Å². The molecule has 0 unspecified atom stereocenters. The van der Waals surface area contributed by atoms with Gasteiger partial charge in [0.2, 0.25) is 5.91 Å². The Kier molecular flexibility index (Phi) is 16.3. The minimum atomic E-state index is -1.64. The van der Waals surface area contributed by atoms with Crippen LogP contribution in [0, 0.1) is 5.92 Å². The highest BCUT2D eigenvalue weighted by Crippen LogP contribution is 2.37. The Labute approximate surface area is 319 Å². The van der Waals surface area contributed by atoms with Crippen molar-refractivity contribution in [3.05, 3.63) is 0 Å². The van der Waals surface area contributed by atoms with E-state index < -0.39 is 116 Å². The molecule has 22 heteroatoms. The fourth-order valence-electron chi connectivity index (χ4n) is 8.00. The first-order valence-corrected chi connectivity index (χ1v) is 19.3. The number of hydrogen-bond acceptors (Lipinski definition) is 21. The summed E-state index contributed by atoms with van der Waals surface area (Å²) in [7, 11) is 0. The van der Waals surface area contributed by atoms with Crippen molar-refractivity contribution in [3.63, 3.8) is 0 Å². The van der Waals surface area contributed by atoms with Crippen LogP contribution in [-0.4, -0.2) is 203 Å². The number of piperidine rings is 1. The molecule has 1 saturated carbocycles. The molecule has 0 aromatic rings. The van der Waals surface area contributed by atoms with Crippen molar-refractivity contribution in [2.24, 2.45) is 34.6 Å². The Bertz CT molecular complexity index is 1200. The molecule has 4 aliphatic heterocycles. The van der Waals surface area contributed by atoms with Crippen molar-refractivity contribution in [1.29, 1.82) is 0 Å². The number of aliphatic hydroxyl groups excluding tert-OH is 5. The second kappa shape index (κ2) is 20.1. The first kappa shape index (κ1) is 44.8. The molecule has 0 aromatic carbocycles. The van der Waals surface area contributed by atoms with Crippen molar-refractivity contribution in [1.82, 2.24) is 15.7 Å². The van der Waals surface area contributed by atoms with Gasteiger partial charge in [-0.1, -0.05) is 0 Å². The van der Waals surface area contributed by atoms with Crippen LogP contribution in [0.1, 0.15) is 38.5 Å². The van der Waals surface area contributed by atoms with Gasteiger partial charge in [-0.15, -0.1) is 0 Å². The molecule has 5 aliphatic rings. The van der Waals surface area contributed by atoms with Gasteiger partial charge in [0.25, 0.3) is 0 Å². The third kappa shape index (κ3) is 10.8. The van der Waals surface area contributed by atoms with Crippen molar-refractivity contribution >= 4 is 5.91 Å². The topological polar surface area (TPSA) is 371 Å². The van der Waals surface area contributed by atoms with E-state index in [2.05, 4.69) is 10.6 Å². The maximum Gasteiger partial charge on any atom is 0.246 e. The minimum Gasteiger partial charge on any atom is -0.394 e. The van der Waals surface area contributed by atoms with Gasteiger partial charge < -0.3 is 98.4 Å². The molecule has 22 nitrogen and oxygen atoms in total. The van der Waals surface area contributed by atoms with Gasteiger partial charge in [0, 0.05) is 38.6 Å². The van der Waals surface area contributed by atoms with Crippen molar-refractivity contribution in [2.75, 3.05) is 52.4 Å². The van der Waals surface area contributed by atoms with Gasteiger partial charge >= 0.3 is 0 Å². The summed E-state index contributed by atoms with van der Waals surface area (Å²) in [6.07, 6.45) is -14.3. The van der Waals surface area contributed by atoms with Gasteiger partial charge in [-0.2, -0.15) is 0 Å². The van der Waals surface area contributed by atoms with E-state index in [1.54, 1.807) is 0 Å². The Morgan fingerprint density at radius 1 is 0.836 bits per heavy atom. The van der Waals surface area contributed by atoms with Crippen molar-refractivity contribution < 1.29 is 69.1 Å². The number of amides is 1. The zero-order valence-electron chi connectivity index (χ0n) is 31.0. The predicted molar refractivity (Wildman–Crippen MR) is 189 cm³/mol. The summed E-state index contributed by atoms with van der Waals surface area (Å²) in [5.41, 5.74) is 29.5. The molecule has 17 atom stereocenters. The molecule has 1 aliphatic carbocycles. The molecule has 5 rings (SSSR count). The second-order valence-electron chi connectivity index (χ2n) is 15.5. The number of rotatable bonds is 16. The highest BCUT2D eigenvalue weighted by molar-refractivity contribution is 5.75. The van der Waals surface area contributed by atoms with Crippen LogP contribution in [0.15, 0.2) is 0 Å². The molecule has 0 bridgehead atoms. The summed E-state index contributed by atoms with van der Waals surface area (Å²) in [5, 5.41) is 82.2. The van der Waals surface area contributed by atoms with E-state index in [4.69, 9.17) is 57.1 Å². The summed E-state index contributed by atoms with van der Waals surface area (Å²) in [4.78, 5) is 12.8. The molecule has 0 radical (unpaired) electrons. The summed E-state index contributed by atoms with van der Waals surface area (Å²) in [5.74, 6) is -1.56. The first-order valence-electron chi connectivity index (χ1n) is 19.3. The highest BCUT2D eigenvalue weighted by atomic mass is 16.8. The smallest absolute Gasteiger partial charge is 0.246 e. The van der Waals surface area contributed by atoms with Crippen LogP contribution in [0.4, 0.5) is 0 Å². The molecule has 55 heavy (non-hydrogen) atoms. The average molecular weight is 797 g/mol. The molecular weight excluding hydrogens is 732 g/mol. The number of ether oxygens (including phenoxy) is 6. The molecule has 19 N–H and O–H groups in total. The monoisotopic (exact) mass is 796 g/mol. The molecule has 1 amide bonds. The lowest BCUT2D eigenvalue weighted by molar-refractivity contribution is -0.292.